The van der Waals surface area contributed by atoms with Gasteiger partial charge in [-0.2, -0.15) is 0 Å². The lowest BCUT2D eigenvalue weighted by Crippen LogP contribution is -2.56. The van der Waals surface area contributed by atoms with Crippen molar-refractivity contribution in [2.75, 3.05) is 7.11 Å². The lowest BCUT2D eigenvalue weighted by molar-refractivity contribution is -0.333. The van der Waals surface area contributed by atoms with Crippen LogP contribution in [-0.2, 0) is 18.6 Å². The van der Waals surface area contributed by atoms with Crippen molar-refractivity contribution in [3.8, 4) is 0 Å². The van der Waals surface area contributed by atoms with E-state index in [2.05, 4.69) is 47.7 Å². The van der Waals surface area contributed by atoms with Crippen LogP contribution in [0.2, 0.25) is 18.1 Å². The van der Waals surface area contributed by atoms with E-state index in [1.165, 1.54) is 0 Å². The molecule has 0 aromatic heterocycles. The van der Waals surface area contributed by atoms with Gasteiger partial charge in [0.1, 0.15) is 0 Å². The molecule has 0 bridgehead atoms. The minimum Gasteiger partial charge on any atom is -0.414 e. The maximum absolute atomic E-state index is 6.68. The number of methoxy groups -OCH3 is 1. The molecule has 136 valence electrons. The highest BCUT2D eigenvalue weighted by atomic mass is 28.4. The summed E-state index contributed by atoms with van der Waals surface area (Å²) in [6.45, 7) is 15.8. The zero-order chi connectivity index (χ0) is 17.5. The van der Waals surface area contributed by atoms with E-state index in [1.54, 1.807) is 7.11 Å². The predicted molar refractivity (Wildman–Crippen MR) is 95.2 cm³/mol. The first-order chi connectivity index (χ1) is 10.5. The molecule has 0 saturated carbocycles. The van der Waals surface area contributed by atoms with Gasteiger partial charge in [-0.25, -0.2) is 0 Å². The molecule has 0 unspecified atom stereocenters. The van der Waals surface area contributed by atoms with Crippen LogP contribution in [0.15, 0.2) is 0 Å². The van der Waals surface area contributed by atoms with Gasteiger partial charge in [0.05, 0.1) is 24.4 Å². The van der Waals surface area contributed by atoms with Gasteiger partial charge in [0.25, 0.3) is 0 Å². The fourth-order valence-corrected chi connectivity index (χ4v) is 4.96. The highest BCUT2D eigenvalue weighted by Gasteiger charge is 2.49. The van der Waals surface area contributed by atoms with E-state index in [0.717, 1.165) is 25.7 Å². The lowest BCUT2D eigenvalue weighted by atomic mass is 9.90. The molecular formula is C18H36O4Si. The zero-order valence-corrected chi connectivity index (χ0v) is 17.3. The zero-order valence-electron chi connectivity index (χ0n) is 16.3. The topological polar surface area (TPSA) is 36.9 Å². The van der Waals surface area contributed by atoms with Crippen molar-refractivity contribution in [3.63, 3.8) is 0 Å². The Hall–Kier alpha value is 0.0569. The molecule has 0 aliphatic carbocycles. The van der Waals surface area contributed by atoms with Crippen LogP contribution in [0, 0.1) is 0 Å². The van der Waals surface area contributed by atoms with E-state index < -0.39 is 14.1 Å². The van der Waals surface area contributed by atoms with Crippen molar-refractivity contribution in [1.82, 2.24) is 0 Å². The Labute approximate surface area is 143 Å². The summed E-state index contributed by atoms with van der Waals surface area (Å²) in [4.78, 5) is 0. The molecule has 2 aliphatic rings. The van der Waals surface area contributed by atoms with Crippen LogP contribution in [0.3, 0.4) is 0 Å². The summed E-state index contributed by atoms with van der Waals surface area (Å²) < 4.78 is 24.9. The van der Waals surface area contributed by atoms with Crippen molar-refractivity contribution >= 4 is 8.32 Å². The third-order valence-electron chi connectivity index (χ3n) is 5.70. The summed E-state index contributed by atoms with van der Waals surface area (Å²) in [5.74, 6) is -0.539. The molecule has 2 heterocycles. The molecule has 0 aromatic rings. The Kier molecular flexibility index (Phi) is 5.69. The Bertz CT molecular complexity index is 402. The van der Waals surface area contributed by atoms with Gasteiger partial charge in [0, 0.05) is 20.0 Å². The van der Waals surface area contributed by atoms with Crippen molar-refractivity contribution in [1.29, 1.82) is 0 Å². The first kappa shape index (κ1) is 19.4. The van der Waals surface area contributed by atoms with Crippen LogP contribution in [0.5, 0.6) is 0 Å². The summed E-state index contributed by atoms with van der Waals surface area (Å²) in [6.07, 6.45) is 4.23. The second kappa shape index (κ2) is 6.75. The molecular weight excluding hydrogens is 308 g/mol. The van der Waals surface area contributed by atoms with E-state index in [9.17, 15) is 0 Å². The van der Waals surface area contributed by atoms with E-state index in [1.807, 2.05) is 0 Å². The first-order valence-corrected chi connectivity index (χ1v) is 11.9. The molecule has 0 amide bonds. The SMILES string of the molecule is CO[C@H]1C[C@@H](C)O[C@@]2(C1)C[C@@H](O[Si](C)(C)C(C)(C)C)C[C@H](C)O2. The lowest BCUT2D eigenvalue weighted by Gasteiger charge is -2.50. The van der Waals surface area contributed by atoms with Gasteiger partial charge in [-0.3, -0.25) is 0 Å². The Morgan fingerprint density at radius 1 is 0.957 bits per heavy atom. The maximum Gasteiger partial charge on any atom is 0.192 e. The molecule has 2 saturated heterocycles. The first-order valence-electron chi connectivity index (χ1n) is 9.02. The second-order valence-corrected chi connectivity index (χ2v) is 13.8. The van der Waals surface area contributed by atoms with Crippen molar-refractivity contribution in [3.05, 3.63) is 0 Å². The summed E-state index contributed by atoms with van der Waals surface area (Å²) in [6, 6.07) is 0. The summed E-state index contributed by atoms with van der Waals surface area (Å²) in [7, 11) is -0.00278. The minimum absolute atomic E-state index is 0.154. The van der Waals surface area contributed by atoms with E-state index in [-0.39, 0.29) is 29.5 Å². The van der Waals surface area contributed by atoms with Crippen molar-refractivity contribution in [2.24, 2.45) is 0 Å². The van der Waals surface area contributed by atoms with Crippen LogP contribution in [0.25, 0.3) is 0 Å². The molecule has 0 radical (unpaired) electrons. The van der Waals surface area contributed by atoms with Crippen LogP contribution < -0.4 is 0 Å². The summed E-state index contributed by atoms with van der Waals surface area (Å²) >= 11 is 0. The van der Waals surface area contributed by atoms with Crippen molar-refractivity contribution in [2.45, 2.75) is 109 Å². The van der Waals surface area contributed by atoms with E-state index in [4.69, 9.17) is 18.6 Å². The predicted octanol–water partition coefficient (Wildman–Crippen LogP) is 4.49. The average molecular weight is 345 g/mol. The van der Waals surface area contributed by atoms with Gasteiger partial charge in [0.15, 0.2) is 14.1 Å². The summed E-state index contributed by atoms with van der Waals surface area (Å²) in [5, 5.41) is 0.220. The third kappa shape index (κ3) is 4.57. The smallest absolute Gasteiger partial charge is 0.192 e. The fourth-order valence-electron chi connectivity index (χ4n) is 3.60. The van der Waals surface area contributed by atoms with Gasteiger partial charge in [0.2, 0.25) is 0 Å². The normalized spacial score (nSPS) is 39.7. The van der Waals surface area contributed by atoms with Crippen molar-refractivity contribution < 1.29 is 18.6 Å². The number of hydrogen-bond donors (Lipinski definition) is 0. The third-order valence-corrected chi connectivity index (χ3v) is 10.2. The molecule has 2 fully saturated rings. The van der Waals surface area contributed by atoms with E-state index in [0.29, 0.717) is 0 Å². The molecule has 1 spiro atoms. The number of ether oxygens (including phenoxy) is 3. The Morgan fingerprint density at radius 3 is 1.91 bits per heavy atom. The molecule has 0 aromatic carbocycles. The van der Waals surface area contributed by atoms with Gasteiger partial charge in [-0.15, -0.1) is 0 Å². The molecule has 4 nitrogen and oxygen atoms in total. The maximum atomic E-state index is 6.68. The van der Waals surface area contributed by atoms with Gasteiger partial charge >= 0.3 is 0 Å². The molecule has 2 rings (SSSR count). The molecule has 23 heavy (non-hydrogen) atoms. The largest absolute Gasteiger partial charge is 0.414 e. The van der Waals surface area contributed by atoms with E-state index >= 15 is 0 Å². The average Bonchev–Trinajstić information content (AvgIpc) is 2.34. The van der Waals surface area contributed by atoms with Gasteiger partial charge in [-0.05, 0) is 44.8 Å². The standard InChI is InChI=1S/C18H36O4Si/c1-13-9-15(19-6)11-18(20-13)12-16(10-14(2)21-18)22-23(7,8)17(3,4)5/h13-16H,9-12H2,1-8H3/t13-,14+,15+,16+,18-/m1/s1. The second-order valence-electron chi connectivity index (χ2n) is 9.01. The highest BCUT2D eigenvalue weighted by molar-refractivity contribution is 6.74. The molecule has 5 heteroatoms. The number of hydrogen-bond acceptors (Lipinski definition) is 4. The monoisotopic (exact) mass is 344 g/mol. The summed E-state index contributed by atoms with van der Waals surface area (Å²) in [5.41, 5.74) is 0. The van der Waals surface area contributed by atoms with Crippen LogP contribution in [0.1, 0.15) is 60.3 Å². The number of rotatable bonds is 3. The minimum atomic E-state index is -1.79. The fraction of sp³-hybridized carbons (Fsp3) is 1.00. The van der Waals surface area contributed by atoms with Gasteiger partial charge in [-0.1, -0.05) is 20.8 Å². The Balaban J connectivity index is 2.12. The van der Waals surface area contributed by atoms with Gasteiger partial charge < -0.3 is 18.6 Å². The molecule has 2 aliphatic heterocycles. The molecule has 5 atom stereocenters. The van der Waals surface area contributed by atoms with Crippen LogP contribution >= 0.6 is 0 Å². The Morgan fingerprint density at radius 2 is 1.43 bits per heavy atom. The van der Waals surface area contributed by atoms with Crippen LogP contribution in [-0.4, -0.2) is 45.6 Å². The highest BCUT2D eigenvalue weighted by Crippen LogP contribution is 2.44. The quantitative estimate of drug-likeness (QED) is 0.707. The molecule has 0 N–H and O–H groups in total. The van der Waals surface area contributed by atoms with Crippen LogP contribution in [0.4, 0.5) is 0 Å².